The van der Waals surface area contributed by atoms with E-state index in [0.717, 1.165) is 30.6 Å². The SMILES string of the molecule is CCCC(C)(CCC)C(=O)c1sccc1Cl. The molecule has 0 aliphatic rings. The van der Waals surface area contributed by atoms with E-state index < -0.39 is 0 Å². The number of hydrogen-bond donors (Lipinski definition) is 0. The minimum atomic E-state index is -0.238. The molecular formula is C13H19ClOS. The fraction of sp³-hybridized carbons (Fsp3) is 0.615. The van der Waals surface area contributed by atoms with Crippen molar-refractivity contribution < 1.29 is 4.79 Å². The van der Waals surface area contributed by atoms with E-state index in [1.807, 2.05) is 5.38 Å². The van der Waals surface area contributed by atoms with E-state index in [1.54, 1.807) is 6.07 Å². The Morgan fingerprint density at radius 1 is 1.38 bits per heavy atom. The lowest BCUT2D eigenvalue weighted by atomic mass is 9.77. The fourth-order valence-electron chi connectivity index (χ4n) is 2.19. The average Bonchev–Trinajstić information content (AvgIpc) is 2.64. The van der Waals surface area contributed by atoms with Crippen LogP contribution in [0.5, 0.6) is 0 Å². The van der Waals surface area contributed by atoms with Crippen molar-refractivity contribution in [2.24, 2.45) is 5.41 Å². The van der Waals surface area contributed by atoms with Crippen LogP contribution in [0.15, 0.2) is 11.4 Å². The number of halogens is 1. The van der Waals surface area contributed by atoms with Gasteiger partial charge in [0.15, 0.2) is 5.78 Å². The van der Waals surface area contributed by atoms with Gasteiger partial charge in [-0.1, -0.05) is 45.2 Å². The van der Waals surface area contributed by atoms with E-state index in [0.29, 0.717) is 5.02 Å². The lowest BCUT2D eigenvalue weighted by Gasteiger charge is -2.26. The topological polar surface area (TPSA) is 17.1 Å². The highest BCUT2D eigenvalue weighted by Gasteiger charge is 2.33. The predicted octanol–water partition coefficient (Wildman–Crippen LogP) is 5.19. The quantitative estimate of drug-likeness (QED) is 0.642. The Hall–Kier alpha value is -0.340. The van der Waals surface area contributed by atoms with Crippen LogP contribution in [0.4, 0.5) is 0 Å². The molecular weight excluding hydrogens is 240 g/mol. The van der Waals surface area contributed by atoms with Gasteiger partial charge in [0.1, 0.15) is 0 Å². The third-order valence-corrected chi connectivity index (χ3v) is 4.32. The Kier molecular flexibility index (Phi) is 5.00. The summed E-state index contributed by atoms with van der Waals surface area (Å²) < 4.78 is 0. The van der Waals surface area contributed by atoms with E-state index in [-0.39, 0.29) is 11.2 Å². The van der Waals surface area contributed by atoms with Crippen LogP contribution in [0, 0.1) is 5.41 Å². The molecule has 90 valence electrons. The lowest BCUT2D eigenvalue weighted by molar-refractivity contribution is 0.0789. The molecule has 1 rings (SSSR count). The van der Waals surface area contributed by atoms with Crippen LogP contribution in [0.1, 0.15) is 56.1 Å². The third kappa shape index (κ3) is 2.86. The average molecular weight is 259 g/mol. The molecule has 0 atom stereocenters. The summed E-state index contributed by atoms with van der Waals surface area (Å²) in [6.45, 7) is 6.31. The molecule has 0 saturated carbocycles. The van der Waals surface area contributed by atoms with E-state index in [1.165, 1.54) is 11.3 Å². The maximum absolute atomic E-state index is 12.5. The van der Waals surface area contributed by atoms with E-state index in [4.69, 9.17) is 11.6 Å². The van der Waals surface area contributed by atoms with Gasteiger partial charge in [-0.05, 0) is 24.3 Å². The Labute approximate surface area is 107 Å². The Bertz CT molecular complexity index is 351. The zero-order valence-corrected chi connectivity index (χ0v) is 11.8. The van der Waals surface area contributed by atoms with Gasteiger partial charge in [0.25, 0.3) is 0 Å². The van der Waals surface area contributed by atoms with Crippen molar-refractivity contribution in [2.75, 3.05) is 0 Å². The summed E-state index contributed by atoms with van der Waals surface area (Å²) in [6, 6.07) is 1.80. The summed E-state index contributed by atoms with van der Waals surface area (Å²) in [5, 5.41) is 2.49. The number of Topliss-reactive ketones (excluding diaryl/α,β-unsaturated/α-hetero) is 1. The Balaban J connectivity index is 2.95. The van der Waals surface area contributed by atoms with Crippen LogP contribution < -0.4 is 0 Å². The van der Waals surface area contributed by atoms with E-state index in [9.17, 15) is 4.79 Å². The molecule has 0 amide bonds. The van der Waals surface area contributed by atoms with Gasteiger partial charge in [-0.15, -0.1) is 11.3 Å². The van der Waals surface area contributed by atoms with Crippen LogP contribution in [0.2, 0.25) is 5.02 Å². The van der Waals surface area contributed by atoms with Crippen LogP contribution in [-0.2, 0) is 0 Å². The maximum atomic E-state index is 12.5. The molecule has 16 heavy (non-hydrogen) atoms. The highest BCUT2D eigenvalue weighted by Crippen LogP contribution is 2.37. The van der Waals surface area contributed by atoms with Crippen LogP contribution >= 0.6 is 22.9 Å². The molecule has 0 N–H and O–H groups in total. The van der Waals surface area contributed by atoms with Crippen molar-refractivity contribution >= 4 is 28.7 Å². The first-order valence-corrected chi connectivity index (χ1v) is 7.08. The first-order valence-electron chi connectivity index (χ1n) is 5.83. The summed E-state index contributed by atoms with van der Waals surface area (Å²) in [6.07, 6.45) is 3.94. The van der Waals surface area contributed by atoms with Gasteiger partial charge in [-0.25, -0.2) is 0 Å². The molecule has 1 aromatic rings. The minimum Gasteiger partial charge on any atom is -0.293 e. The first kappa shape index (κ1) is 13.7. The number of carbonyl (C=O) groups excluding carboxylic acids is 1. The van der Waals surface area contributed by atoms with Crippen molar-refractivity contribution in [3.8, 4) is 0 Å². The van der Waals surface area contributed by atoms with Gasteiger partial charge in [-0.3, -0.25) is 4.79 Å². The molecule has 1 aromatic heterocycles. The summed E-state index contributed by atoms with van der Waals surface area (Å²) in [5.74, 6) is 0.219. The Morgan fingerprint density at radius 2 is 1.94 bits per heavy atom. The molecule has 0 aliphatic heterocycles. The second-order valence-electron chi connectivity index (χ2n) is 4.49. The number of carbonyl (C=O) groups is 1. The zero-order chi connectivity index (χ0) is 12.2. The number of rotatable bonds is 6. The van der Waals surface area contributed by atoms with Crippen molar-refractivity contribution in [3.05, 3.63) is 21.3 Å². The van der Waals surface area contributed by atoms with Crippen LogP contribution in [0.3, 0.4) is 0 Å². The van der Waals surface area contributed by atoms with Gasteiger partial charge in [-0.2, -0.15) is 0 Å². The number of thiophene rings is 1. The second kappa shape index (κ2) is 5.83. The summed E-state index contributed by atoms with van der Waals surface area (Å²) in [7, 11) is 0. The highest BCUT2D eigenvalue weighted by atomic mass is 35.5. The smallest absolute Gasteiger partial charge is 0.180 e. The van der Waals surface area contributed by atoms with Crippen molar-refractivity contribution in [2.45, 2.75) is 46.5 Å². The summed E-state index contributed by atoms with van der Waals surface area (Å²) in [5.41, 5.74) is -0.238. The monoisotopic (exact) mass is 258 g/mol. The Morgan fingerprint density at radius 3 is 2.31 bits per heavy atom. The van der Waals surface area contributed by atoms with E-state index in [2.05, 4.69) is 20.8 Å². The minimum absolute atomic E-state index is 0.219. The van der Waals surface area contributed by atoms with Gasteiger partial charge in [0, 0.05) is 5.41 Å². The lowest BCUT2D eigenvalue weighted by Crippen LogP contribution is -2.27. The number of ketones is 1. The van der Waals surface area contributed by atoms with Crippen LogP contribution in [-0.4, -0.2) is 5.78 Å². The van der Waals surface area contributed by atoms with Crippen molar-refractivity contribution in [1.82, 2.24) is 0 Å². The summed E-state index contributed by atoms with van der Waals surface area (Å²) >= 11 is 7.49. The highest BCUT2D eigenvalue weighted by molar-refractivity contribution is 7.12. The van der Waals surface area contributed by atoms with Gasteiger partial charge in [0.2, 0.25) is 0 Å². The van der Waals surface area contributed by atoms with Gasteiger partial charge in [0.05, 0.1) is 9.90 Å². The zero-order valence-electron chi connectivity index (χ0n) is 10.2. The standard InChI is InChI=1S/C13H19ClOS/c1-4-7-13(3,8-5-2)12(15)11-10(14)6-9-16-11/h6,9H,4-5,7-8H2,1-3H3. The molecule has 0 radical (unpaired) electrons. The fourth-order valence-corrected chi connectivity index (χ4v) is 3.42. The molecule has 0 fully saturated rings. The summed E-state index contributed by atoms with van der Waals surface area (Å²) in [4.78, 5) is 13.2. The van der Waals surface area contributed by atoms with Crippen LogP contribution in [0.25, 0.3) is 0 Å². The molecule has 0 unspecified atom stereocenters. The molecule has 0 bridgehead atoms. The normalized spacial score (nSPS) is 11.8. The second-order valence-corrected chi connectivity index (χ2v) is 5.81. The van der Waals surface area contributed by atoms with Gasteiger partial charge >= 0.3 is 0 Å². The molecule has 3 heteroatoms. The molecule has 0 saturated heterocycles. The molecule has 1 nitrogen and oxygen atoms in total. The molecule has 0 aliphatic carbocycles. The maximum Gasteiger partial charge on any atom is 0.180 e. The third-order valence-electron chi connectivity index (χ3n) is 2.98. The largest absolute Gasteiger partial charge is 0.293 e. The first-order chi connectivity index (χ1) is 7.55. The van der Waals surface area contributed by atoms with Crippen molar-refractivity contribution in [1.29, 1.82) is 0 Å². The number of hydrogen-bond acceptors (Lipinski definition) is 2. The van der Waals surface area contributed by atoms with E-state index >= 15 is 0 Å². The van der Waals surface area contributed by atoms with Gasteiger partial charge < -0.3 is 0 Å². The van der Waals surface area contributed by atoms with Crippen molar-refractivity contribution in [3.63, 3.8) is 0 Å². The molecule has 1 heterocycles. The molecule has 0 spiro atoms. The predicted molar refractivity (Wildman–Crippen MR) is 71.6 cm³/mol. The molecule has 0 aromatic carbocycles.